The van der Waals surface area contributed by atoms with Crippen LogP contribution in [0.3, 0.4) is 0 Å². The average molecular weight is 194 g/mol. The van der Waals surface area contributed by atoms with Crippen LogP contribution in [0.25, 0.3) is 6.20 Å². The largest absolute Gasteiger partial charge is 0.310 e. The number of allylic oxidation sites excluding steroid dienone is 2. The molecule has 2 nitrogen and oxygen atoms in total. The van der Waals surface area contributed by atoms with Crippen LogP contribution in [0.1, 0.15) is 33.4 Å². The molecule has 0 aliphatic carbocycles. The van der Waals surface area contributed by atoms with Gasteiger partial charge in [0.15, 0.2) is 0 Å². The zero-order valence-electron chi connectivity index (χ0n) is 9.99. The third-order valence-electron chi connectivity index (χ3n) is 1.24. The molecule has 0 saturated heterocycles. The second-order valence-corrected chi connectivity index (χ2v) is 2.02. The van der Waals surface area contributed by atoms with E-state index in [2.05, 4.69) is 11.6 Å². The van der Waals surface area contributed by atoms with Gasteiger partial charge < -0.3 is 4.57 Å². The number of rotatable bonds is 2. The number of hydrogen-bond acceptors (Lipinski definition) is 1. The number of nitrogens with zero attached hydrogens (tertiary/aromatic N) is 2. The summed E-state index contributed by atoms with van der Waals surface area (Å²) in [5.74, 6) is 0. The van der Waals surface area contributed by atoms with E-state index in [9.17, 15) is 0 Å². The topological polar surface area (TPSA) is 17.8 Å². The molecule has 0 spiro atoms. The molecule has 0 atom stereocenters. The maximum Gasteiger partial charge on any atom is 0.0989 e. The lowest BCUT2D eigenvalue weighted by Gasteiger charge is -1.92. The van der Waals surface area contributed by atoms with Crippen LogP contribution >= 0.6 is 0 Å². The van der Waals surface area contributed by atoms with Crippen molar-refractivity contribution in [2.45, 2.75) is 34.6 Å². The van der Waals surface area contributed by atoms with Gasteiger partial charge >= 0.3 is 0 Å². The van der Waals surface area contributed by atoms with Crippen molar-refractivity contribution in [3.63, 3.8) is 0 Å². The molecule has 0 amide bonds. The first-order valence-electron chi connectivity index (χ1n) is 5.12. The summed E-state index contributed by atoms with van der Waals surface area (Å²) in [5.41, 5.74) is 1.12. The third-order valence-corrected chi connectivity index (χ3v) is 1.24. The van der Waals surface area contributed by atoms with Crippen molar-refractivity contribution in [2.75, 3.05) is 0 Å². The summed E-state index contributed by atoms with van der Waals surface area (Å²) in [5, 5.41) is 0. The summed E-state index contributed by atoms with van der Waals surface area (Å²) in [6, 6.07) is 0. The fraction of sp³-hybridized carbons (Fsp3) is 0.417. The number of imidazole rings is 1. The van der Waals surface area contributed by atoms with Gasteiger partial charge in [-0.25, -0.2) is 4.98 Å². The molecule has 1 heterocycles. The molecule has 0 radical (unpaired) electrons. The second kappa shape index (κ2) is 11.7. The predicted molar refractivity (Wildman–Crippen MR) is 65.2 cm³/mol. The molecule has 0 saturated carbocycles. The van der Waals surface area contributed by atoms with Crippen LogP contribution in [-0.4, -0.2) is 9.55 Å². The lowest BCUT2D eigenvalue weighted by molar-refractivity contribution is 1.07. The maximum absolute atomic E-state index is 3.95. The van der Waals surface area contributed by atoms with Crippen molar-refractivity contribution >= 4 is 6.20 Å². The first kappa shape index (κ1) is 15.2. The van der Waals surface area contributed by atoms with Gasteiger partial charge in [-0.15, -0.1) is 0 Å². The molecular formula is C12H22N2. The highest BCUT2D eigenvalue weighted by Crippen LogP contribution is 1.96. The van der Waals surface area contributed by atoms with Crippen LogP contribution in [0.2, 0.25) is 0 Å². The Balaban J connectivity index is 0. The highest BCUT2D eigenvalue weighted by atomic mass is 15.0. The zero-order valence-corrected chi connectivity index (χ0v) is 9.99. The molecule has 1 aromatic rings. The Labute approximate surface area is 88.0 Å². The first-order valence-corrected chi connectivity index (χ1v) is 5.12. The van der Waals surface area contributed by atoms with Crippen molar-refractivity contribution in [2.24, 2.45) is 0 Å². The van der Waals surface area contributed by atoms with E-state index in [0.29, 0.717) is 0 Å². The summed E-state index contributed by atoms with van der Waals surface area (Å²) in [6.45, 7) is 13.6. The smallest absolute Gasteiger partial charge is 0.0989 e. The van der Waals surface area contributed by atoms with Crippen LogP contribution < -0.4 is 0 Å². The summed E-state index contributed by atoms with van der Waals surface area (Å²) in [4.78, 5) is 3.95. The third kappa shape index (κ3) is 6.23. The Morgan fingerprint density at radius 1 is 1.29 bits per heavy atom. The standard InChI is InChI=1S/C8H10N2.2C2H6/c1-3-4-5-10-7-9-6-8(10)2;2*1-2/h3-7H,1H2,2H3;2*1-2H3/b5-4-;;. The summed E-state index contributed by atoms with van der Waals surface area (Å²) < 4.78 is 1.93. The molecule has 2 heteroatoms. The lowest BCUT2D eigenvalue weighted by atomic mass is 10.5. The first-order chi connectivity index (χ1) is 6.84. The minimum absolute atomic E-state index is 1.12. The molecule has 0 aromatic carbocycles. The van der Waals surface area contributed by atoms with E-state index in [0.717, 1.165) is 5.69 Å². The predicted octanol–water partition coefficient (Wildman–Crippen LogP) is 3.90. The van der Waals surface area contributed by atoms with E-state index in [1.54, 1.807) is 12.4 Å². The molecule has 0 aliphatic rings. The summed E-state index contributed by atoms with van der Waals surface area (Å²) in [7, 11) is 0. The van der Waals surface area contributed by atoms with Gasteiger partial charge in [0.05, 0.1) is 6.33 Å². The molecule has 1 rings (SSSR count). The van der Waals surface area contributed by atoms with E-state index >= 15 is 0 Å². The second-order valence-electron chi connectivity index (χ2n) is 2.02. The van der Waals surface area contributed by atoms with E-state index in [-0.39, 0.29) is 0 Å². The van der Waals surface area contributed by atoms with Gasteiger partial charge in [0.1, 0.15) is 0 Å². The van der Waals surface area contributed by atoms with Crippen LogP contribution in [-0.2, 0) is 0 Å². The van der Waals surface area contributed by atoms with Gasteiger partial charge in [-0.1, -0.05) is 40.3 Å². The van der Waals surface area contributed by atoms with Crippen LogP contribution in [0.4, 0.5) is 0 Å². The fourth-order valence-electron chi connectivity index (χ4n) is 0.680. The van der Waals surface area contributed by atoms with Crippen LogP contribution in [0.5, 0.6) is 0 Å². The van der Waals surface area contributed by atoms with E-state index in [4.69, 9.17) is 0 Å². The monoisotopic (exact) mass is 194 g/mol. The summed E-state index contributed by atoms with van der Waals surface area (Å²) >= 11 is 0. The van der Waals surface area contributed by atoms with Crippen molar-refractivity contribution in [3.8, 4) is 0 Å². The molecule has 0 unspecified atom stereocenters. The highest BCUT2D eigenvalue weighted by Gasteiger charge is 1.87. The quantitative estimate of drug-likeness (QED) is 0.653. The Kier molecular flexibility index (Phi) is 12.7. The molecule has 0 N–H and O–H groups in total. The molecule has 14 heavy (non-hydrogen) atoms. The Hall–Kier alpha value is -1.31. The minimum Gasteiger partial charge on any atom is -0.310 e. The van der Waals surface area contributed by atoms with Gasteiger partial charge in [0.25, 0.3) is 0 Å². The number of aryl methyl sites for hydroxylation is 1. The summed E-state index contributed by atoms with van der Waals surface area (Å²) in [6.07, 6.45) is 9.09. The maximum atomic E-state index is 3.95. The van der Waals surface area contributed by atoms with E-state index < -0.39 is 0 Å². The van der Waals surface area contributed by atoms with Gasteiger partial charge in [-0.2, -0.15) is 0 Å². The van der Waals surface area contributed by atoms with Crippen molar-refractivity contribution in [1.82, 2.24) is 9.55 Å². The molecule has 0 bridgehead atoms. The van der Waals surface area contributed by atoms with E-state index in [1.165, 1.54) is 0 Å². The molecule has 0 aliphatic heterocycles. The molecule has 80 valence electrons. The van der Waals surface area contributed by atoms with Crippen molar-refractivity contribution < 1.29 is 0 Å². The average Bonchev–Trinajstić information content (AvgIpc) is 2.67. The van der Waals surface area contributed by atoms with Gasteiger partial charge in [-0.05, 0) is 13.0 Å². The zero-order chi connectivity index (χ0) is 11.4. The van der Waals surface area contributed by atoms with Gasteiger partial charge in [0.2, 0.25) is 0 Å². The van der Waals surface area contributed by atoms with Crippen molar-refractivity contribution in [1.29, 1.82) is 0 Å². The number of aromatic nitrogens is 2. The molecular weight excluding hydrogens is 172 g/mol. The SMILES string of the molecule is C=C/C=C\n1cncc1C.CC.CC. The number of hydrogen-bond donors (Lipinski definition) is 0. The normalized spacial score (nSPS) is 8.36. The lowest BCUT2D eigenvalue weighted by Crippen LogP contribution is -1.84. The Morgan fingerprint density at radius 2 is 1.86 bits per heavy atom. The van der Waals surface area contributed by atoms with Crippen molar-refractivity contribution in [3.05, 3.63) is 36.9 Å². The fourth-order valence-corrected chi connectivity index (χ4v) is 0.680. The van der Waals surface area contributed by atoms with Gasteiger partial charge in [0, 0.05) is 18.1 Å². The highest BCUT2D eigenvalue weighted by molar-refractivity contribution is 5.28. The Bertz CT molecular complexity index is 247. The Morgan fingerprint density at radius 3 is 2.21 bits per heavy atom. The molecule has 0 fully saturated rings. The molecule has 1 aromatic heterocycles. The minimum atomic E-state index is 1.12. The van der Waals surface area contributed by atoms with Crippen LogP contribution in [0, 0.1) is 6.92 Å². The van der Waals surface area contributed by atoms with Crippen LogP contribution in [0.15, 0.2) is 31.3 Å². The van der Waals surface area contributed by atoms with E-state index in [1.807, 2.05) is 57.7 Å². The van der Waals surface area contributed by atoms with Gasteiger partial charge in [-0.3, -0.25) is 0 Å².